The maximum absolute atomic E-state index is 12.7. The number of nitrogens with one attached hydrogen (secondary N) is 1. The lowest BCUT2D eigenvalue weighted by Crippen LogP contribution is -2.22. The van der Waals surface area contributed by atoms with Gasteiger partial charge in [0.2, 0.25) is 0 Å². The molecule has 0 aromatic heterocycles. The molecule has 2 aromatic carbocycles. The van der Waals surface area contributed by atoms with Crippen molar-refractivity contribution in [2.24, 2.45) is 5.10 Å². The van der Waals surface area contributed by atoms with Crippen molar-refractivity contribution in [3.05, 3.63) is 58.7 Å². The highest BCUT2D eigenvalue weighted by atomic mass is 16.3. The summed E-state index contributed by atoms with van der Waals surface area (Å²) >= 11 is 0. The van der Waals surface area contributed by atoms with E-state index in [1.54, 1.807) is 24.3 Å². The van der Waals surface area contributed by atoms with Gasteiger partial charge in [-0.3, -0.25) is 4.79 Å². The monoisotopic (exact) mass is 368 g/mol. The molecule has 0 aliphatic carbocycles. The van der Waals surface area contributed by atoms with Gasteiger partial charge in [-0.25, -0.2) is 5.43 Å². The Hall–Kier alpha value is -2.82. The highest BCUT2D eigenvalue weighted by molar-refractivity contribution is 5.98. The zero-order valence-corrected chi connectivity index (χ0v) is 16.8. The summed E-state index contributed by atoms with van der Waals surface area (Å²) < 4.78 is 0. The SMILES string of the molecule is CC(C)(C)c1cc(C(=O)N/N=C/c2ccccc2O)c(O)c(C(C)(C)C)c1. The summed E-state index contributed by atoms with van der Waals surface area (Å²) in [5.74, 6) is -0.468. The van der Waals surface area contributed by atoms with Crippen molar-refractivity contribution in [1.82, 2.24) is 5.43 Å². The first-order chi connectivity index (χ1) is 12.4. The Kier molecular flexibility index (Phi) is 5.64. The summed E-state index contributed by atoms with van der Waals surface area (Å²) in [6.45, 7) is 12.2. The topological polar surface area (TPSA) is 81.9 Å². The molecule has 0 atom stereocenters. The zero-order chi connectivity index (χ0) is 20.4. The van der Waals surface area contributed by atoms with Gasteiger partial charge in [-0.2, -0.15) is 5.10 Å². The van der Waals surface area contributed by atoms with Crippen molar-refractivity contribution >= 4 is 12.1 Å². The third-order valence-electron chi connectivity index (χ3n) is 4.34. The van der Waals surface area contributed by atoms with Crippen LogP contribution in [0, 0.1) is 0 Å². The molecule has 0 unspecified atom stereocenters. The molecule has 2 rings (SSSR count). The highest BCUT2D eigenvalue weighted by Crippen LogP contribution is 2.37. The second-order valence-electron chi connectivity index (χ2n) is 8.68. The van der Waals surface area contributed by atoms with Gasteiger partial charge < -0.3 is 10.2 Å². The van der Waals surface area contributed by atoms with Crippen LogP contribution in [-0.2, 0) is 10.8 Å². The zero-order valence-electron chi connectivity index (χ0n) is 16.8. The number of carbonyl (C=O) groups excluding carboxylic acids is 1. The lowest BCUT2D eigenvalue weighted by atomic mass is 9.79. The summed E-state index contributed by atoms with van der Waals surface area (Å²) in [7, 11) is 0. The average molecular weight is 368 g/mol. The molecule has 3 N–H and O–H groups in total. The van der Waals surface area contributed by atoms with Crippen LogP contribution in [0.5, 0.6) is 11.5 Å². The molecule has 0 bridgehead atoms. The van der Waals surface area contributed by atoms with Gasteiger partial charge in [0.15, 0.2) is 0 Å². The molecule has 0 saturated carbocycles. The van der Waals surface area contributed by atoms with Crippen LogP contribution in [0.25, 0.3) is 0 Å². The molecule has 0 radical (unpaired) electrons. The molecule has 0 aliphatic rings. The van der Waals surface area contributed by atoms with Gasteiger partial charge in [0.1, 0.15) is 11.5 Å². The molecule has 27 heavy (non-hydrogen) atoms. The molecule has 0 fully saturated rings. The van der Waals surface area contributed by atoms with Crippen LogP contribution in [0.3, 0.4) is 0 Å². The highest BCUT2D eigenvalue weighted by Gasteiger charge is 2.27. The van der Waals surface area contributed by atoms with E-state index in [9.17, 15) is 15.0 Å². The maximum atomic E-state index is 12.7. The number of carbonyl (C=O) groups is 1. The number of para-hydroxylation sites is 1. The Morgan fingerprint density at radius 3 is 2.19 bits per heavy atom. The van der Waals surface area contributed by atoms with Crippen LogP contribution in [0.1, 0.15) is 68.6 Å². The Labute approximate surface area is 160 Å². The molecule has 144 valence electrons. The summed E-state index contributed by atoms with van der Waals surface area (Å²) in [5.41, 5.74) is 4.27. The van der Waals surface area contributed by atoms with Crippen molar-refractivity contribution in [3.8, 4) is 11.5 Å². The van der Waals surface area contributed by atoms with Crippen LogP contribution < -0.4 is 5.43 Å². The standard InChI is InChI=1S/C22H28N2O3/c1-21(2,3)15-11-16(19(26)17(12-15)22(4,5)6)20(27)24-23-13-14-9-7-8-10-18(14)25/h7-13,25-26H,1-6H3,(H,24,27)/b23-13+. The van der Waals surface area contributed by atoms with Gasteiger partial charge in [0.25, 0.3) is 5.91 Å². The molecular weight excluding hydrogens is 340 g/mol. The van der Waals surface area contributed by atoms with Crippen molar-refractivity contribution in [2.45, 2.75) is 52.4 Å². The number of amides is 1. The molecule has 1 amide bonds. The largest absolute Gasteiger partial charge is 0.507 e. The minimum absolute atomic E-state index is 0.0363. The lowest BCUT2D eigenvalue weighted by Gasteiger charge is -2.27. The average Bonchev–Trinajstić information content (AvgIpc) is 2.54. The molecule has 0 saturated heterocycles. The van der Waals surface area contributed by atoms with Crippen molar-refractivity contribution < 1.29 is 15.0 Å². The fraction of sp³-hybridized carbons (Fsp3) is 0.364. The van der Waals surface area contributed by atoms with Crippen LogP contribution >= 0.6 is 0 Å². The summed E-state index contributed by atoms with van der Waals surface area (Å²) in [4.78, 5) is 12.7. The summed E-state index contributed by atoms with van der Waals surface area (Å²) in [6.07, 6.45) is 1.36. The fourth-order valence-corrected chi connectivity index (χ4v) is 2.63. The predicted octanol–water partition coefficient (Wildman–Crippen LogP) is 4.46. The number of rotatable bonds is 3. The Bertz CT molecular complexity index is 872. The molecular formula is C22H28N2O3. The summed E-state index contributed by atoms with van der Waals surface area (Å²) in [5, 5.41) is 24.3. The van der Waals surface area contributed by atoms with Gasteiger partial charge >= 0.3 is 0 Å². The van der Waals surface area contributed by atoms with Crippen LogP contribution in [-0.4, -0.2) is 22.3 Å². The van der Waals surface area contributed by atoms with Gasteiger partial charge in [-0.1, -0.05) is 59.7 Å². The van der Waals surface area contributed by atoms with Crippen molar-refractivity contribution in [1.29, 1.82) is 0 Å². The van der Waals surface area contributed by atoms with E-state index in [0.717, 1.165) is 5.56 Å². The first kappa shape index (κ1) is 20.5. The number of nitrogens with zero attached hydrogens (tertiary/aromatic N) is 1. The van der Waals surface area contributed by atoms with E-state index in [1.165, 1.54) is 12.3 Å². The fourth-order valence-electron chi connectivity index (χ4n) is 2.63. The molecule has 0 aliphatic heterocycles. The van der Waals surface area contributed by atoms with E-state index in [-0.39, 0.29) is 27.9 Å². The number of benzene rings is 2. The van der Waals surface area contributed by atoms with Gasteiger partial charge in [-0.15, -0.1) is 0 Å². The van der Waals surface area contributed by atoms with Gasteiger partial charge in [0.05, 0.1) is 11.8 Å². The number of phenolic OH excluding ortho intramolecular Hbond substituents is 2. The molecule has 0 heterocycles. The Balaban J connectivity index is 2.38. The minimum Gasteiger partial charge on any atom is -0.507 e. The predicted molar refractivity (Wildman–Crippen MR) is 109 cm³/mol. The Morgan fingerprint density at radius 2 is 1.63 bits per heavy atom. The lowest BCUT2D eigenvalue weighted by molar-refractivity contribution is 0.0952. The van der Waals surface area contributed by atoms with Crippen LogP contribution in [0.15, 0.2) is 41.5 Å². The quantitative estimate of drug-likeness (QED) is 0.553. The Morgan fingerprint density at radius 1 is 1.00 bits per heavy atom. The third kappa shape index (κ3) is 4.88. The summed E-state index contributed by atoms with van der Waals surface area (Å²) in [6, 6.07) is 10.3. The minimum atomic E-state index is -0.504. The number of phenols is 2. The van der Waals surface area contributed by atoms with E-state index >= 15 is 0 Å². The normalized spacial score (nSPS) is 12.4. The molecule has 0 spiro atoms. The van der Waals surface area contributed by atoms with E-state index in [4.69, 9.17) is 0 Å². The van der Waals surface area contributed by atoms with Crippen molar-refractivity contribution in [2.75, 3.05) is 0 Å². The smallest absolute Gasteiger partial charge is 0.275 e. The van der Waals surface area contributed by atoms with Crippen molar-refractivity contribution in [3.63, 3.8) is 0 Å². The van der Waals surface area contributed by atoms with E-state index < -0.39 is 5.91 Å². The first-order valence-corrected chi connectivity index (χ1v) is 8.90. The number of aromatic hydroxyl groups is 2. The van der Waals surface area contributed by atoms with E-state index in [2.05, 4.69) is 31.3 Å². The second-order valence-corrected chi connectivity index (χ2v) is 8.68. The second kappa shape index (κ2) is 7.43. The molecule has 5 nitrogen and oxygen atoms in total. The number of hydrazone groups is 1. The van der Waals surface area contributed by atoms with Crippen LogP contribution in [0.2, 0.25) is 0 Å². The van der Waals surface area contributed by atoms with Gasteiger partial charge in [0, 0.05) is 11.1 Å². The van der Waals surface area contributed by atoms with Gasteiger partial charge in [-0.05, 0) is 34.6 Å². The third-order valence-corrected chi connectivity index (χ3v) is 4.34. The van der Waals surface area contributed by atoms with Crippen LogP contribution in [0.4, 0.5) is 0 Å². The molecule has 5 heteroatoms. The first-order valence-electron chi connectivity index (χ1n) is 8.90. The number of hydrogen-bond acceptors (Lipinski definition) is 4. The maximum Gasteiger partial charge on any atom is 0.275 e. The van der Waals surface area contributed by atoms with E-state index in [0.29, 0.717) is 11.1 Å². The van der Waals surface area contributed by atoms with E-state index in [1.807, 2.05) is 26.8 Å². The molecule has 2 aromatic rings. The number of hydrogen-bond donors (Lipinski definition) is 3.